The number of carbonyl (C=O) groups excluding carboxylic acids is 2. The third-order valence-electron chi connectivity index (χ3n) is 6.78. The fourth-order valence-corrected chi connectivity index (χ4v) is 6.73. The van der Waals surface area contributed by atoms with Crippen LogP contribution in [0.5, 0.6) is 0 Å². The van der Waals surface area contributed by atoms with Crippen LogP contribution in [0.1, 0.15) is 72.6 Å². The number of nitrogens with one attached hydrogen (secondary N) is 1. The summed E-state index contributed by atoms with van der Waals surface area (Å²) in [6.07, 6.45) is 7.73. The van der Waals surface area contributed by atoms with Crippen molar-refractivity contribution < 1.29 is 18.0 Å². The number of hydrogen-bond acceptors (Lipinski definition) is 5. The van der Waals surface area contributed by atoms with Gasteiger partial charge in [-0.1, -0.05) is 56.3 Å². The molecule has 9 heteroatoms. The van der Waals surface area contributed by atoms with E-state index in [1.54, 1.807) is 22.5 Å². The number of nitrogens with zero attached hydrogens (tertiary/aromatic N) is 2. The maximum atomic E-state index is 12.9. The van der Waals surface area contributed by atoms with Crippen LogP contribution in [0.15, 0.2) is 18.2 Å². The van der Waals surface area contributed by atoms with E-state index in [9.17, 15) is 18.0 Å². The van der Waals surface area contributed by atoms with E-state index in [4.69, 9.17) is 11.6 Å². The Morgan fingerprint density at radius 3 is 2.38 bits per heavy atom. The highest BCUT2D eigenvalue weighted by Crippen LogP contribution is 2.33. The monoisotopic (exact) mass is 483 g/mol. The number of benzene rings is 1. The first-order valence-corrected chi connectivity index (χ1v) is 13.6. The van der Waals surface area contributed by atoms with E-state index < -0.39 is 10.0 Å². The molecule has 0 unspecified atom stereocenters. The van der Waals surface area contributed by atoms with Crippen LogP contribution in [0.4, 0.5) is 0 Å². The summed E-state index contributed by atoms with van der Waals surface area (Å²) in [7, 11) is -3.19. The quantitative estimate of drug-likeness (QED) is 0.452. The zero-order chi connectivity index (χ0) is 23.2. The summed E-state index contributed by atoms with van der Waals surface area (Å²) >= 11 is 6.25. The van der Waals surface area contributed by atoms with Crippen molar-refractivity contribution in [1.82, 2.24) is 14.5 Å². The van der Waals surface area contributed by atoms with E-state index in [0.29, 0.717) is 56.6 Å². The molecule has 1 aliphatic carbocycles. The van der Waals surface area contributed by atoms with Crippen molar-refractivity contribution in [3.05, 3.63) is 34.3 Å². The second kappa shape index (κ2) is 11.1. The molecule has 3 rings (SSSR count). The molecule has 2 fully saturated rings. The molecule has 32 heavy (non-hydrogen) atoms. The lowest BCUT2D eigenvalue weighted by atomic mass is 9.87. The fraction of sp³-hybridized carbons (Fsp3) is 0.652. The van der Waals surface area contributed by atoms with Crippen molar-refractivity contribution >= 4 is 33.8 Å². The summed E-state index contributed by atoms with van der Waals surface area (Å²) in [6.45, 7) is 4.68. The summed E-state index contributed by atoms with van der Waals surface area (Å²) < 4.78 is 26.6. The normalized spacial score (nSPS) is 20.4. The van der Waals surface area contributed by atoms with E-state index in [-0.39, 0.29) is 22.2 Å². The molecular weight excluding hydrogens is 450 g/mol. The molecule has 7 nitrogen and oxygen atoms in total. The Bertz CT molecular complexity index is 906. The number of rotatable bonds is 8. The van der Waals surface area contributed by atoms with E-state index in [1.807, 2.05) is 6.92 Å². The van der Waals surface area contributed by atoms with Crippen molar-refractivity contribution in [3.8, 4) is 0 Å². The molecule has 1 saturated carbocycles. The second-order valence-electron chi connectivity index (χ2n) is 8.85. The maximum absolute atomic E-state index is 12.9. The lowest BCUT2D eigenvalue weighted by Gasteiger charge is -2.47. The van der Waals surface area contributed by atoms with E-state index in [1.165, 1.54) is 12.8 Å². The maximum Gasteiger partial charge on any atom is 0.252 e. The lowest BCUT2D eigenvalue weighted by Crippen LogP contribution is -2.61. The van der Waals surface area contributed by atoms with Crippen molar-refractivity contribution in [2.75, 3.05) is 38.5 Å². The van der Waals surface area contributed by atoms with Gasteiger partial charge in [-0.25, -0.2) is 8.42 Å². The zero-order valence-corrected chi connectivity index (χ0v) is 20.4. The van der Waals surface area contributed by atoms with Gasteiger partial charge in [-0.3, -0.25) is 14.5 Å². The van der Waals surface area contributed by atoms with Crippen LogP contribution in [0, 0.1) is 0 Å². The minimum Gasteiger partial charge on any atom is -0.350 e. The van der Waals surface area contributed by atoms with Crippen molar-refractivity contribution in [3.63, 3.8) is 0 Å². The fourth-order valence-electron chi connectivity index (χ4n) is 4.98. The topological polar surface area (TPSA) is 86.8 Å². The molecule has 1 heterocycles. The van der Waals surface area contributed by atoms with Crippen LogP contribution in [0.3, 0.4) is 0 Å². The molecule has 0 atom stereocenters. The number of aldehydes is 1. The number of piperazine rings is 1. The number of carbonyl (C=O) groups is 2. The molecule has 0 radical (unpaired) electrons. The van der Waals surface area contributed by atoms with Gasteiger partial charge in [-0.05, 0) is 25.3 Å². The molecule has 1 N–H and O–H groups in total. The SMILES string of the molecule is CCCS(=O)(=O)N1CCN(C2(CNC(=O)c3cccc(C=O)c3Cl)CCCCCC2)CC1. The molecule has 0 aromatic heterocycles. The van der Waals surface area contributed by atoms with Crippen molar-refractivity contribution in [2.24, 2.45) is 0 Å². The third-order valence-corrected chi connectivity index (χ3v) is 9.28. The highest BCUT2D eigenvalue weighted by atomic mass is 35.5. The number of sulfonamides is 1. The Balaban J connectivity index is 1.73. The van der Waals surface area contributed by atoms with E-state index in [2.05, 4.69) is 10.2 Å². The Morgan fingerprint density at radius 1 is 1.12 bits per heavy atom. The lowest BCUT2D eigenvalue weighted by molar-refractivity contribution is 0.0391. The van der Waals surface area contributed by atoms with Gasteiger partial charge in [-0.2, -0.15) is 4.31 Å². The van der Waals surface area contributed by atoms with Gasteiger partial charge in [-0.15, -0.1) is 0 Å². The number of amides is 1. The molecule has 0 bridgehead atoms. The number of halogens is 1. The largest absolute Gasteiger partial charge is 0.350 e. The van der Waals surface area contributed by atoms with Crippen LogP contribution in [-0.4, -0.2) is 73.8 Å². The van der Waals surface area contributed by atoms with Gasteiger partial charge in [0.25, 0.3) is 5.91 Å². The van der Waals surface area contributed by atoms with Gasteiger partial charge < -0.3 is 5.32 Å². The first kappa shape index (κ1) is 25.1. The van der Waals surface area contributed by atoms with Crippen molar-refractivity contribution in [2.45, 2.75) is 57.4 Å². The Hall–Kier alpha value is -1.48. The molecule has 1 aromatic rings. The summed E-state index contributed by atoms with van der Waals surface area (Å²) in [6, 6.07) is 4.87. The van der Waals surface area contributed by atoms with Gasteiger partial charge in [0.15, 0.2) is 6.29 Å². The summed E-state index contributed by atoms with van der Waals surface area (Å²) in [5.74, 6) is -0.0964. The van der Waals surface area contributed by atoms with Gasteiger partial charge in [0.05, 0.1) is 16.3 Å². The van der Waals surface area contributed by atoms with Crippen LogP contribution in [0.2, 0.25) is 5.02 Å². The Labute approximate surface area is 196 Å². The molecule has 2 aliphatic rings. The molecule has 178 valence electrons. The van der Waals surface area contributed by atoms with E-state index >= 15 is 0 Å². The average molecular weight is 484 g/mol. The summed E-state index contributed by atoms with van der Waals surface area (Å²) in [5, 5.41) is 3.25. The predicted octanol–water partition coefficient (Wildman–Crippen LogP) is 3.33. The minimum absolute atomic E-state index is 0.171. The third kappa shape index (κ3) is 5.71. The van der Waals surface area contributed by atoms with Crippen LogP contribution < -0.4 is 5.32 Å². The molecule has 1 saturated heterocycles. The summed E-state index contributed by atoms with van der Waals surface area (Å²) in [5.41, 5.74) is 0.407. The van der Waals surface area contributed by atoms with Crippen LogP contribution in [0.25, 0.3) is 0 Å². The predicted molar refractivity (Wildman–Crippen MR) is 127 cm³/mol. The highest BCUT2D eigenvalue weighted by Gasteiger charge is 2.40. The minimum atomic E-state index is -3.19. The van der Waals surface area contributed by atoms with Crippen LogP contribution in [-0.2, 0) is 10.0 Å². The first-order valence-electron chi connectivity index (χ1n) is 11.6. The molecule has 1 aromatic carbocycles. The van der Waals surface area contributed by atoms with Crippen molar-refractivity contribution in [1.29, 1.82) is 0 Å². The zero-order valence-electron chi connectivity index (χ0n) is 18.8. The smallest absolute Gasteiger partial charge is 0.252 e. The molecular formula is C23H34ClN3O4S. The van der Waals surface area contributed by atoms with Gasteiger partial charge in [0.1, 0.15) is 0 Å². The molecule has 1 amide bonds. The Kier molecular flexibility index (Phi) is 8.72. The van der Waals surface area contributed by atoms with Crippen LogP contribution >= 0.6 is 11.6 Å². The second-order valence-corrected chi connectivity index (χ2v) is 11.3. The Morgan fingerprint density at radius 2 is 1.78 bits per heavy atom. The number of hydrogen-bond donors (Lipinski definition) is 1. The van der Waals surface area contributed by atoms with Gasteiger partial charge in [0.2, 0.25) is 10.0 Å². The van der Waals surface area contributed by atoms with Gasteiger partial charge >= 0.3 is 0 Å². The molecule has 0 spiro atoms. The molecule has 1 aliphatic heterocycles. The summed E-state index contributed by atoms with van der Waals surface area (Å²) in [4.78, 5) is 26.5. The first-order chi connectivity index (χ1) is 15.3. The van der Waals surface area contributed by atoms with E-state index in [0.717, 1.165) is 25.7 Å². The standard InChI is InChI=1S/C23H34ClN3O4S/c1-2-16-32(30,31)27-14-12-26(13-15-27)23(10-5-3-4-6-11-23)18-25-22(29)20-9-7-8-19(17-28)21(20)24/h7-9,17H,2-6,10-16,18H2,1H3,(H,25,29). The average Bonchev–Trinajstić information content (AvgIpc) is 3.04. The highest BCUT2D eigenvalue weighted by molar-refractivity contribution is 7.89. The van der Waals surface area contributed by atoms with Gasteiger partial charge in [0, 0.05) is 43.8 Å².